The molecule has 0 aromatic heterocycles. The minimum absolute atomic E-state index is 0.0246. The summed E-state index contributed by atoms with van der Waals surface area (Å²) in [5.41, 5.74) is -1.88. The second-order valence-electron chi connectivity index (χ2n) is 10.6. The van der Waals surface area contributed by atoms with Gasteiger partial charge in [0.15, 0.2) is 0 Å². The fraction of sp³-hybridized carbons (Fsp3) is 0.481. The van der Waals surface area contributed by atoms with Crippen LogP contribution in [0, 0.1) is 20.2 Å². The highest BCUT2D eigenvalue weighted by atomic mass is 79.9. The van der Waals surface area contributed by atoms with Crippen molar-refractivity contribution in [2.75, 3.05) is 27.4 Å². The van der Waals surface area contributed by atoms with Crippen molar-refractivity contribution in [2.45, 2.75) is 58.3 Å². The predicted octanol–water partition coefficient (Wildman–Crippen LogP) is 4.79. The van der Waals surface area contributed by atoms with E-state index in [0.29, 0.717) is 17.1 Å². The quantitative estimate of drug-likeness (QED) is 0.225. The molecule has 42 heavy (non-hydrogen) atoms. The van der Waals surface area contributed by atoms with Crippen LogP contribution in [-0.4, -0.2) is 60.9 Å². The number of hydrogen-bond acceptors (Lipinski definition) is 10. The van der Waals surface area contributed by atoms with E-state index in [4.69, 9.17) is 18.9 Å². The first-order valence-corrected chi connectivity index (χ1v) is 13.5. The Morgan fingerprint density at radius 3 is 2.05 bits per heavy atom. The molecule has 0 spiro atoms. The molecule has 0 unspecified atom stereocenters. The summed E-state index contributed by atoms with van der Waals surface area (Å²) in [7, 11) is 2.99. The molecule has 0 fully saturated rings. The molecular formula is C27H35BrN4O10. The number of benzene rings is 2. The minimum atomic E-state index is -1.17. The van der Waals surface area contributed by atoms with Gasteiger partial charge in [0.25, 0.3) is 11.4 Å². The molecule has 0 bridgehead atoms. The highest BCUT2D eigenvalue weighted by Crippen LogP contribution is 2.34. The highest BCUT2D eigenvalue weighted by molar-refractivity contribution is 9.10. The third-order valence-electron chi connectivity index (χ3n) is 5.90. The average molecular weight is 655 g/mol. The fourth-order valence-corrected chi connectivity index (χ4v) is 4.22. The number of carbonyl (C=O) groups is 2. The summed E-state index contributed by atoms with van der Waals surface area (Å²) in [6, 6.07) is 5.93. The molecule has 1 atom stereocenters. The van der Waals surface area contributed by atoms with E-state index in [9.17, 15) is 29.8 Å². The van der Waals surface area contributed by atoms with E-state index < -0.39 is 50.5 Å². The number of nitrogens with one attached hydrogen (secondary N) is 2. The van der Waals surface area contributed by atoms with Crippen LogP contribution in [0.2, 0.25) is 0 Å². The Kier molecular flexibility index (Phi) is 11.6. The van der Waals surface area contributed by atoms with Crippen molar-refractivity contribution in [2.24, 2.45) is 0 Å². The summed E-state index contributed by atoms with van der Waals surface area (Å²) in [5, 5.41) is 27.7. The van der Waals surface area contributed by atoms with Crippen LogP contribution in [0.1, 0.15) is 45.7 Å². The molecule has 2 aromatic carbocycles. The van der Waals surface area contributed by atoms with E-state index in [2.05, 4.69) is 26.6 Å². The van der Waals surface area contributed by atoms with Gasteiger partial charge < -0.3 is 29.6 Å². The maximum atomic E-state index is 13.1. The van der Waals surface area contributed by atoms with Gasteiger partial charge in [0, 0.05) is 24.2 Å². The van der Waals surface area contributed by atoms with E-state index in [0.717, 1.165) is 6.07 Å². The summed E-state index contributed by atoms with van der Waals surface area (Å²) >= 11 is 3.12. The smallest absolute Gasteiger partial charge is 0.408 e. The Hall–Kier alpha value is -3.98. The molecule has 0 aliphatic carbocycles. The van der Waals surface area contributed by atoms with Crippen LogP contribution in [0.25, 0.3) is 0 Å². The first kappa shape index (κ1) is 34.2. The van der Waals surface area contributed by atoms with Crippen LogP contribution in [0.5, 0.6) is 11.5 Å². The Bertz CT molecular complexity index is 1300. The van der Waals surface area contributed by atoms with Crippen LogP contribution < -0.4 is 20.1 Å². The Morgan fingerprint density at radius 2 is 1.55 bits per heavy atom. The van der Waals surface area contributed by atoms with E-state index >= 15 is 0 Å². The minimum Gasteiger partial charge on any atom is -0.497 e. The highest BCUT2D eigenvalue weighted by Gasteiger charge is 2.31. The molecule has 0 aliphatic rings. The molecular weight excluding hydrogens is 620 g/mol. The molecule has 230 valence electrons. The van der Waals surface area contributed by atoms with Crippen molar-refractivity contribution in [1.29, 1.82) is 0 Å². The molecule has 14 nitrogen and oxygen atoms in total. The topological polar surface area (TPSA) is 181 Å². The Morgan fingerprint density at radius 1 is 0.952 bits per heavy atom. The molecule has 2 amide bonds. The predicted molar refractivity (Wildman–Crippen MR) is 156 cm³/mol. The van der Waals surface area contributed by atoms with Gasteiger partial charge >= 0.3 is 6.09 Å². The normalized spacial score (nSPS) is 12.2. The van der Waals surface area contributed by atoms with Gasteiger partial charge in [0.1, 0.15) is 23.1 Å². The van der Waals surface area contributed by atoms with Crippen molar-refractivity contribution >= 4 is 39.3 Å². The summed E-state index contributed by atoms with van der Waals surface area (Å²) in [6.07, 6.45) is -0.867. The van der Waals surface area contributed by atoms with E-state index in [1.54, 1.807) is 52.8 Å². The Labute approximate surface area is 251 Å². The SMILES string of the molecule is COc1cc(OC)cc(C(C)(C)OC(=O)N[C@@H](COC(C)(C)C)C(=O)NCCc2cc([N+](=O)[O-])cc([N+](=O)[O-])c2Br)c1. The van der Waals surface area contributed by atoms with Gasteiger partial charge in [-0.2, -0.15) is 0 Å². The van der Waals surface area contributed by atoms with Crippen molar-refractivity contribution in [1.82, 2.24) is 10.6 Å². The molecule has 0 saturated carbocycles. The van der Waals surface area contributed by atoms with Crippen LogP contribution in [-0.2, 0) is 26.3 Å². The molecule has 2 N–H and O–H groups in total. The number of ether oxygens (including phenoxy) is 4. The monoisotopic (exact) mass is 654 g/mol. The maximum Gasteiger partial charge on any atom is 0.408 e. The number of alkyl carbamates (subject to hydrolysis) is 1. The zero-order valence-corrected chi connectivity index (χ0v) is 26.0. The van der Waals surface area contributed by atoms with E-state index in [1.807, 2.05) is 0 Å². The number of hydrogen-bond donors (Lipinski definition) is 2. The van der Waals surface area contributed by atoms with Crippen LogP contribution >= 0.6 is 15.9 Å². The number of nitro benzene ring substituents is 2. The zero-order chi connectivity index (χ0) is 31.8. The lowest BCUT2D eigenvalue weighted by molar-refractivity contribution is -0.394. The number of carbonyl (C=O) groups excluding carboxylic acids is 2. The largest absolute Gasteiger partial charge is 0.497 e. The van der Waals surface area contributed by atoms with Crippen LogP contribution in [0.15, 0.2) is 34.8 Å². The van der Waals surface area contributed by atoms with Crippen molar-refractivity contribution in [3.8, 4) is 11.5 Å². The third-order valence-corrected chi connectivity index (χ3v) is 6.82. The van der Waals surface area contributed by atoms with Crippen molar-refractivity contribution in [3.05, 3.63) is 66.2 Å². The lowest BCUT2D eigenvalue weighted by Gasteiger charge is -2.29. The number of amides is 2. The van der Waals surface area contributed by atoms with Gasteiger partial charge in [-0.05, 0) is 74.7 Å². The average Bonchev–Trinajstić information content (AvgIpc) is 2.90. The standard InChI is InChI=1S/C27H35BrN4O10/c1-26(2,3)41-15-21(30-25(34)42-27(4,5)17-11-19(39-6)14-20(12-17)40-7)24(33)29-9-8-16-10-18(31(35)36)13-22(23(16)28)32(37)38/h10-14,21H,8-9,15H2,1-7H3,(H,29,33)(H,30,34)/t21-/m0/s1. The maximum absolute atomic E-state index is 13.1. The number of methoxy groups -OCH3 is 2. The lowest BCUT2D eigenvalue weighted by atomic mass is 9.97. The number of halogens is 1. The van der Waals surface area contributed by atoms with Crippen molar-refractivity contribution in [3.63, 3.8) is 0 Å². The van der Waals surface area contributed by atoms with Gasteiger partial charge in [-0.25, -0.2) is 4.79 Å². The molecule has 0 aliphatic heterocycles. The van der Waals surface area contributed by atoms with Crippen LogP contribution in [0.4, 0.5) is 16.2 Å². The van der Waals surface area contributed by atoms with Gasteiger partial charge in [-0.3, -0.25) is 25.0 Å². The van der Waals surface area contributed by atoms with Crippen LogP contribution in [0.3, 0.4) is 0 Å². The Balaban J connectivity index is 2.18. The molecule has 2 rings (SSSR count). The number of non-ortho nitro benzene ring substituents is 1. The van der Waals surface area contributed by atoms with Gasteiger partial charge in [0.05, 0.1) is 46.8 Å². The van der Waals surface area contributed by atoms with Gasteiger partial charge in [-0.15, -0.1) is 0 Å². The number of rotatable bonds is 13. The first-order valence-electron chi connectivity index (χ1n) is 12.7. The van der Waals surface area contributed by atoms with Gasteiger partial charge in [0.2, 0.25) is 5.91 Å². The molecule has 0 radical (unpaired) electrons. The lowest BCUT2D eigenvalue weighted by Crippen LogP contribution is -2.51. The number of nitro groups is 2. The fourth-order valence-electron chi connectivity index (χ4n) is 3.65. The summed E-state index contributed by atoms with van der Waals surface area (Å²) in [6.45, 7) is 8.44. The summed E-state index contributed by atoms with van der Waals surface area (Å²) in [4.78, 5) is 47.2. The summed E-state index contributed by atoms with van der Waals surface area (Å²) < 4.78 is 22.1. The van der Waals surface area contributed by atoms with Gasteiger partial charge in [-0.1, -0.05) is 0 Å². The molecule has 2 aromatic rings. The second kappa shape index (κ2) is 14.3. The van der Waals surface area contributed by atoms with E-state index in [-0.39, 0.29) is 29.6 Å². The number of nitrogens with zero attached hydrogens (tertiary/aromatic N) is 2. The van der Waals surface area contributed by atoms with E-state index in [1.165, 1.54) is 20.3 Å². The zero-order valence-electron chi connectivity index (χ0n) is 24.4. The molecule has 0 heterocycles. The third kappa shape index (κ3) is 9.83. The first-order chi connectivity index (χ1) is 19.5. The molecule has 0 saturated heterocycles. The second-order valence-corrected chi connectivity index (χ2v) is 11.4. The molecule has 15 heteroatoms. The van der Waals surface area contributed by atoms with Crippen molar-refractivity contribution < 1.29 is 38.4 Å². The summed E-state index contributed by atoms with van der Waals surface area (Å²) in [5.74, 6) is 0.379.